The van der Waals surface area contributed by atoms with Crippen LogP contribution in [0.1, 0.15) is 12.5 Å². The summed E-state index contributed by atoms with van der Waals surface area (Å²) in [6, 6.07) is 7.89. The quantitative estimate of drug-likeness (QED) is 0.905. The van der Waals surface area contributed by atoms with E-state index >= 15 is 0 Å². The van der Waals surface area contributed by atoms with E-state index in [1.54, 1.807) is 0 Å². The second-order valence-corrected chi connectivity index (χ2v) is 8.34. The van der Waals surface area contributed by atoms with Crippen molar-refractivity contribution in [2.75, 3.05) is 16.4 Å². The van der Waals surface area contributed by atoms with Gasteiger partial charge < -0.3 is 4.90 Å². The van der Waals surface area contributed by atoms with Crippen molar-refractivity contribution in [2.45, 2.75) is 24.6 Å². The largest absolute Gasteiger partial charge is 0.316 e. The molecule has 2 atom stereocenters. The summed E-state index contributed by atoms with van der Waals surface area (Å²) in [5.74, 6) is 0.376. The van der Waals surface area contributed by atoms with Crippen LogP contribution in [0.2, 0.25) is 0 Å². The van der Waals surface area contributed by atoms with E-state index in [0.29, 0.717) is 5.17 Å². The molecule has 4 nitrogen and oxygen atoms in total. The van der Waals surface area contributed by atoms with E-state index in [0.717, 1.165) is 17.7 Å². The Balaban J connectivity index is 2.02. The number of fused-ring (bicyclic) bond motifs is 1. The lowest BCUT2D eigenvalue weighted by Gasteiger charge is -2.26. The Morgan fingerprint density at radius 3 is 2.84 bits per heavy atom. The summed E-state index contributed by atoms with van der Waals surface area (Å²) in [6.07, 6.45) is 0.884. The molecule has 0 bridgehead atoms. The molecule has 2 saturated heterocycles. The van der Waals surface area contributed by atoms with E-state index < -0.39 is 9.84 Å². The standard InChI is InChI=1S/C13H16N2O2S2/c1-2-9-5-3-4-6-10(9)15-11-7-19(16,17)8-12(11)18-13(15)14/h3-6,11-12,14H,2,7-8H2,1H3/t11-,12+/m0/s1. The summed E-state index contributed by atoms with van der Waals surface area (Å²) in [6.45, 7) is 2.08. The molecule has 3 rings (SSSR count). The third-order valence-corrected chi connectivity index (χ3v) is 6.85. The fourth-order valence-electron chi connectivity index (χ4n) is 2.83. The number of hydrogen-bond acceptors (Lipinski definition) is 4. The third-order valence-electron chi connectivity index (χ3n) is 3.72. The number of nitrogens with zero attached hydrogens (tertiary/aromatic N) is 1. The molecule has 0 aromatic heterocycles. The second kappa shape index (κ2) is 4.52. The minimum absolute atomic E-state index is 0.0161. The average molecular weight is 296 g/mol. The molecule has 0 saturated carbocycles. The van der Waals surface area contributed by atoms with Crippen LogP contribution >= 0.6 is 11.8 Å². The molecule has 0 radical (unpaired) electrons. The molecule has 19 heavy (non-hydrogen) atoms. The summed E-state index contributed by atoms with van der Waals surface area (Å²) in [5.41, 5.74) is 2.16. The molecular weight excluding hydrogens is 280 g/mol. The van der Waals surface area contributed by atoms with E-state index in [2.05, 4.69) is 6.92 Å². The Labute approximate surface area is 117 Å². The molecule has 0 unspecified atom stereocenters. The minimum atomic E-state index is -2.95. The molecule has 2 aliphatic heterocycles. The highest BCUT2D eigenvalue weighted by Gasteiger charge is 2.48. The van der Waals surface area contributed by atoms with Crippen molar-refractivity contribution in [1.29, 1.82) is 5.41 Å². The van der Waals surface area contributed by atoms with Crippen LogP contribution in [-0.2, 0) is 16.3 Å². The Morgan fingerprint density at radius 2 is 2.11 bits per heavy atom. The topological polar surface area (TPSA) is 61.2 Å². The first kappa shape index (κ1) is 13.0. The van der Waals surface area contributed by atoms with Crippen molar-refractivity contribution in [3.8, 4) is 0 Å². The Hall–Kier alpha value is -1.01. The summed E-state index contributed by atoms with van der Waals surface area (Å²) >= 11 is 1.39. The molecule has 6 heteroatoms. The third kappa shape index (κ3) is 2.17. The van der Waals surface area contributed by atoms with E-state index in [1.807, 2.05) is 29.2 Å². The fraction of sp³-hybridized carbons (Fsp3) is 0.462. The van der Waals surface area contributed by atoms with Crippen LogP contribution in [0.5, 0.6) is 0 Å². The van der Waals surface area contributed by atoms with Gasteiger partial charge in [-0.25, -0.2) is 8.42 Å². The first-order chi connectivity index (χ1) is 9.02. The van der Waals surface area contributed by atoms with Gasteiger partial charge in [-0.3, -0.25) is 5.41 Å². The molecule has 0 spiro atoms. The molecule has 1 aromatic carbocycles. The predicted molar refractivity (Wildman–Crippen MR) is 79.8 cm³/mol. The Kier molecular flexibility index (Phi) is 3.09. The van der Waals surface area contributed by atoms with Crippen LogP contribution in [0.25, 0.3) is 0 Å². The van der Waals surface area contributed by atoms with Gasteiger partial charge in [0.05, 0.1) is 17.5 Å². The van der Waals surface area contributed by atoms with Crippen LogP contribution in [0.3, 0.4) is 0 Å². The number of rotatable bonds is 2. The van der Waals surface area contributed by atoms with Crippen molar-refractivity contribution < 1.29 is 8.42 Å². The van der Waals surface area contributed by atoms with Crippen LogP contribution < -0.4 is 4.90 Å². The van der Waals surface area contributed by atoms with Crippen molar-refractivity contribution in [3.63, 3.8) is 0 Å². The van der Waals surface area contributed by atoms with E-state index in [4.69, 9.17) is 5.41 Å². The Morgan fingerprint density at radius 1 is 1.37 bits per heavy atom. The van der Waals surface area contributed by atoms with Crippen LogP contribution in [0.4, 0.5) is 5.69 Å². The summed E-state index contributed by atoms with van der Waals surface area (Å²) in [5, 5.41) is 8.63. The highest BCUT2D eigenvalue weighted by atomic mass is 32.2. The van der Waals surface area contributed by atoms with Gasteiger partial charge in [0.1, 0.15) is 0 Å². The van der Waals surface area contributed by atoms with Crippen LogP contribution in [0.15, 0.2) is 24.3 Å². The van der Waals surface area contributed by atoms with Gasteiger partial charge in [-0.05, 0) is 18.1 Å². The van der Waals surface area contributed by atoms with E-state index in [1.165, 1.54) is 11.8 Å². The first-order valence-electron chi connectivity index (χ1n) is 6.34. The van der Waals surface area contributed by atoms with Gasteiger partial charge in [0.2, 0.25) is 0 Å². The molecule has 2 heterocycles. The number of nitrogens with one attached hydrogen (secondary N) is 1. The van der Waals surface area contributed by atoms with Gasteiger partial charge in [0.15, 0.2) is 15.0 Å². The number of benzene rings is 1. The summed E-state index contributed by atoms with van der Waals surface area (Å²) in [4.78, 5) is 1.92. The lowest BCUT2D eigenvalue weighted by Crippen LogP contribution is -2.37. The molecule has 1 aromatic rings. The monoisotopic (exact) mass is 296 g/mol. The fourth-order valence-corrected chi connectivity index (χ4v) is 6.62. The van der Waals surface area contributed by atoms with Gasteiger partial charge in [0.25, 0.3) is 0 Å². The first-order valence-corrected chi connectivity index (χ1v) is 9.04. The zero-order valence-electron chi connectivity index (χ0n) is 10.7. The summed E-state index contributed by atoms with van der Waals surface area (Å²) in [7, 11) is -2.95. The SMILES string of the molecule is CCc1ccccc1N1C(=N)S[C@@H]2CS(=O)(=O)C[C@@H]21. The lowest BCUT2D eigenvalue weighted by molar-refractivity contribution is 0.601. The number of amidine groups is 1. The Bertz CT molecular complexity index is 627. The van der Waals surface area contributed by atoms with Crippen molar-refractivity contribution in [3.05, 3.63) is 29.8 Å². The summed E-state index contributed by atoms with van der Waals surface area (Å²) < 4.78 is 23.5. The van der Waals surface area contributed by atoms with Gasteiger partial charge in [-0.1, -0.05) is 36.9 Å². The maximum atomic E-state index is 11.8. The molecule has 102 valence electrons. The number of thioether (sulfide) groups is 1. The van der Waals surface area contributed by atoms with Gasteiger partial charge in [-0.15, -0.1) is 0 Å². The molecule has 0 amide bonds. The zero-order chi connectivity index (χ0) is 13.6. The number of anilines is 1. The number of aryl methyl sites for hydroxylation is 1. The van der Waals surface area contributed by atoms with Crippen LogP contribution in [0, 0.1) is 5.41 Å². The molecule has 0 aliphatic carbocycles. The number of hydrogen-bond donors (Lipinski definition) is 1. The van der Waals surface area contributed by atoms with Gasteiger partial charge >= 0.3 is 0 Å². The smallest absolute Gasteiger partial charge is 0.161 e. The maximum Gasteiger partial charge on any atom is 0.161 e. The van der Waals surface area contributed by atoms with E-state index in [9.17, 15) is 8.42 Å². The minimum Gasteiger partial charge on any atom is -0.316 e. The van der Waals surface area contributed by atoms with Crippen LogP contribution in [-0.4, -0.2) is 36.4 Å². The highest BCUT2D eigenvalue weighted by molar-refractivity contribution is 8.15. The van der Waals surface area contributed by atoms with Crippen molar-refractivity contribution >= 4 is 32.5 Å². The molecule has 2 aliphatic rings. The zero-order valence-corrected chi connectivity index (χ0v) is 12.3. The lowest BCUT2D eigenvalue weighted by atomic mass is 10.1. The highest BCUT2D eigenvalue weighted by Crippen LogP contribution is 2.41. The van der Waals surface area contributed by atoms with Gasteiger partial charge in [0, 0.05) is 10.9 Å². The predicted octanol–water partition coefficient (Wildman–Crippen LogP) is 1.90. The normalized spacial score (nSPS) is 28.7. The van der Waals surface area contributed by atoms with Crippen molar-refractivity contribution in [2.24, 2.45) is 0 Å². The maximum absolute atomic E-state index is 11.8. The second-order valence-electron chi connectivity index (χ2n) is 4.96. The number of sulfone groups is 1. The molecule has 1 N–H and O–H groups in total. The molecular formula is C13H16N2O2S2. The number of para-hydroxylation sites is 1. The van der Waals surface area contributed by atoms with Gasteiger partial charge in [-0.2, -0.15) is 0 Å². The average Bonchev–Trinajstić information content (AvgIpc) is 2.79. The molecule has 2 fully saturated rings. The van der Waals surface area contributed by atoms with E-state index in [-0.39, 0.29) is 22.8 Å². The van der Waals surface area contributed by atoms with Crippen molar-refractivity contribution in [1.82, 2.24) is 0 Å².